The third kappa shape index (κ3) is 2.38. The van der Waals surface area contributed by atoms with Crippen LogP contribution in [0.3, 0.4) is 0 Å². The zero-order valence-electron chi connectivity index (χ0n) is 9.97. The molecule has 94 valence electrons. The number of halogens is 1. The fourth-order valence-corrected chi connectivity index (χ4v) is 2.01. The van der Waals surface area contributed by atoms with E-state index in [2.05, 4.69) is 0 Å². The van der Waals surface area contributed by atoms with Crippen molar-refractivity contribution in [2.45, 2.75) is 20.0 Å². The highest BCUT2D eigenvalue weighted by atomic mass is 35.5. The van der Waals surface area contributed by atoms with Crippen molar-refractivity contribution in [3.8, 4) is 0 Å². The van der Waals surface area contributed by atoms with Gasteiger partial charge in [-0.15, -0.1) is 0 Å². The topological polar surface area (TPSA) is 44.0 Å². The first kappa shape index (κ1) is 12.6. The molecule has 0 aliphatic carbocycles. The maximum atomic E-state index is 12.1. The lowest BCUT2D eigenvalue weighted by Gasteiger charge is -2.10. The highest BCUT2D eigenvalue weighted by Gasteiger charge is 2.08. The first-order valence-electron chi connectivity index (χ1n) is 5.67. The van der Waals surface area contributed by atoms with E-state index in [9.17, 15) is 9.59 Å². The molecule has 1 aromatic carbocycles. The molecule has 18 heavy (non-hydrogen) atoms. The SMILES string of the molecule is CCn1c(=O)cc(Cl)n(Cc2ccccc2)c1=O. The van der Waals surface area contributed by atoms with Gasteiger partial charge in [-0.2, -0.15) is 0 Å². The molecule has 0 unspecified atom stereocenters. The van der Waals surface area contributed by atoms with Gasteiger partial charge in [-0.1, -0.05) is 41.9 Å². The number of aromatic nitrogens is 2. The molecule has 0 atom stereocenters. The second-order valence-corrected chi connectivity index (χ2v) is 4.29. The van der Waals surface area contributed by atoms with Crippen molar-refractivity contribution in [2.24, 2.45) is 0 Å². The summed E-state index contributed by atoms with van der Waals surface area (Å²) in [5, 5.41) is 0.165. The maximum absolute atomic E-state index is 12.1. The van der Waals surface area contributed by atoms with E-state index in [4.69, 9.17) is 11.6 Å². The van der Waals surface area contributed by atoms with Gasteiger partial charge >= 0.3 is 5.69 Å². The summed E-state index contributed by atoms with van der Waals surface area (Å²) in [5.74, 6) is 0. The Morgan fingerprint density at radius 1 is 1.11 bits per heavy atom. The average molecular weight is 265 g/mol. The number of nitrogens with zero attached hydrogens (tertiary/aromatic N) is 2. The summed E-state index contributed by atoms with van der Waals surface area (Å²) in [6.07, 6.45) is 0. The van der Waals surface area contributed by atoms with Crippen LogP contribution in [0.15, 0.2) is 46.0 Å². The molecule has 0 aliphatic heterocycles. The molecule has 1 heterocycles. The molecule has 0 aliphatic rings. The van der Waals surface area contributed by atoms with Crippen molar-refractivity contribution in [1.82, 2.24) is 9.13 Å². The van der Waals surface area contributed by atoms with Crippen LogP contribution in [0.2, 0.25) is 5.15 Å². The summed E-state index contributed by atoms with van der Waals surface area (Å²) in [7, 11) is 0. The summed E-state index contributed by atoms with van der Waals surface area (Å²) < 4.78 is 2.55. The van der Waals surface area contributed by atoms with E-state index < -0.39 is 0 Å². The molecule has 0 saturated heterocycles. The Hall–Kier alpha value is -1.81. The summed E-state index contributed by atoms with van der Waals surface area (Å²) in [5.41, 5.74) is 0.221. The van der Waals surface area contributed by atoms with Crippen molar-refractivity contribution in [3.63, 3.8) is 0 Å². The molecule has 4 nitrogen and oxygen atoms in total. The summed E-state index contributed by atoms with van der Waals surface area (Å²) >= 11 is 5.96. The lowest BCUT2D eigenvalue weighted by Crippen LogP contribution is -2.39. The quantitative estimate of drug-likeness (QED) is 0.793. The van der Waals surface area contributed by atoms with Crippen molar-refractivity contribution in [3.05, 3.63) is 68.0 Å². The Morgan fingerprint density at radius 2 is 1.78 bits per heavy atom. The Labute approximate surface area is 109 Å². The Bertz CT molecular complexity index is 659. The lowest BCUT2D eigenvalue weighted by atomic mass is 10.2. The van der Waals surface area contributed by atoms with Gasteiger partial charge in [-0.05, 0) is 12.5 Å². The minimum absolute atomic E-state index is 0.165. The standard InChI is InChI=1S/C13H13ClN2O2/c1-2-15-12(17)8-11(14)16(13(15)18)9-10-6-4-3-5-7-10/h3-8H,2,9H2,1H3. The van der Waals surface area contributed by atoms with Gasteiger partial charge in [0.15, 0.2) is 0 Å². The second kappa shape index (κ2) is 5.23. The molecule has 2 aromatic rings. The van der Waals surface area contributed by atoms with Gasteiger partial charge in [0.25, 0.3) is 5.56 Å². The number of hydrogen-bond acceptors (Lipinski definition) is 2. The fourth-order valence-electron chi connectivity index (χ4n) is 1.79. The zero-order chi connectivity index (χ0) is 13.1. The molecule has 0 radical (unpaired) electrons. The summed E-state index contributed by atoms with van der Waals surface area (Å²) in [6.45, 7) is 2.45. The normalized spacial score (nSPS) is 10.6. The Morgan fingerprint density at radius 3 is 2.39 bits per heavy atom. The molecule has 0 amide bonds. The van der Waals surface area contributed by atoms with Crippen LogP contribution in [0.5, 0.6) is 0 Å². The highest BCUT2D eigenvalue weighted by Crippen LogP contribution is 2.06. The van der Waals surface area contributed by atoms with E-state index in [0.717, 1.165) is 10.1 Å². The van der Waals surface area contributed by atoms with Gasteiger partial charge in [-0.3, -0.25) is 13.9 Å². The van der Waals surface area contributed by atoms with Crippen LogP contribution in [-0.4, -0.2) is 9.13 Å². The maximum Gasteiger partial charge on any atom is 0.332 e. The molecule has 2 rings (SSSR count). The van der Waals surface area contributed by atoms with Crippen LogP contribution in [0.4, 0.5) is 0 Å². The molecule has 0 spiro atoms. The van der Waals surface area contributed by atoms with Crippen LogP contribution in [0, 0.1) is 0 Å². The van der Waals surface area contributed by atoms with E-state index >= 15 is 0 Å². The largest absolute Gasteiger partial charge is 0.332 e. The van der Waals surface area contributed by atoms with Crippen molar-refractivity contribution < 1.29 is 0 Å². The molecule has 5 heteroatoms. The van der Waals surface area contributed by atoms with E-state index in [-0.39, 0.29) is 16.4 Å². The minimum Gasteiger partial charge on any atom is -0.279 e. The van der Waals surface area contributed by atoms with Crippen LogP contribution >= 0.6 is 11.6 Å². The van der Waals surface area contributed by atoms with Gasteiger partial charge < -0.3 is 0 Å². The van der Waals surface area contributed by atoms with E-state index in [0.29, 0.717) is 13.1 Å². The van der Waals surface area contributed by atoms with Crippen molar-refractivity contribution >= 4 is 11.6 Å². The lowest BCUT2D eigenvalue weighted by molar-refractivity contribution is 0.598. The minimum atomic E-state index is -0.376. The molecule has 0 N–H and O–H groups in total. The summed E-state index contributed by atoms with van der Waals surface area (Å²) in [4.78, 5) is 23.6. The van der Waals surface area contributed by atoms with Gasteiger partial charge in [0, 0.05) is 12.6 Å². The summed E-state index contributed by atoms with van der Waals surface area (Å²) in [6, 6.07) is 10.8. The molecular formula is C13H13ClN2O2. The van der Waals surface area contributed by atoms with Crippen LogP contribution in [0.25, 0.3) is 0 Å². The number of hydrogen-bond donors (Lipinski definition) is 0. The van der Waals surface area contributed by atoms with Crippen molar-refractivity contribution in [1.29, 1.82) is 0 Å². The van der Waals surface area contributed by atoms with Gasteiger partial charge in [-0.25, -0.2) is 4.79 Å². The molecular weight excluding hydrogens is 252 g/mol. The average Bonchev–Trinajstić information content (AvgIpc) is 2.36. The Kier molecular flexibility index (Phi) is 3.67. The monoisotopic (exact) mass is 264 g/mol. The fraction of sp³-hybridized carbons (Fsp3) is 0.231. The van der Waals surface area contributed by atoms with E-state index in [1.54, 1.807) is 6.92 Å². The second-order valence-electron chi connectivity index (χ2n) is 3.90. The van der Waals surface area contributed by atoms with E-state index in [1.165, 1.54) is 10.6 Å². The first-order chi connectivity index (χ1) is 8.63. The number of rotatable bonds is 3. The van der Waals surface area contributed by atoms with Crippen LogP contribution < -0.4 is 11.2 Å². The van der Waals surface area contributed by atoms with Gasteiger partial charge in [0.1, 0.15) is 5.15 Å². The van der Waals surface area contributed by atoms with Crippen LogP contribution in [0.1, 0.15) is 12.5 Å². The van der Waals surface area contributed by atoms with Crippen LogP contribution in [-0.2, 0) is 13.1 Å². The smallest absolute Gasteiger partial charge is 0.279 e. The zero-order valence-corrected chi connectivity index (χ0v) is 10.7. The molecule has 1 aromatic heterocycles. The third-order valence-electron chi connectivity index (χ3n) is 2.73. The molecule has 0 saturated carbocycles. The first-order valence-corrected chi connectivity index (χ1v) is 6.05. The predicted octanol–water partition coefficient (Wildman–Crippen LogP) is 1.73. The van der Waals surface area contributed by atoms with Gasteiger partial charge in [0.05, 0.1) is 6.54 Å². The predicted molar refractivity (Wildman–Crippen MR) is 71.2 cm³/mol. The molecule has 0 fully saturated rings. The Balaban J connectivity index is 2.52. The molecule has 0 bridgehead atoms. The third-order valence-corrected chi connectivity index (χ3v) is 3.04. The number of benzene rings is 1. The van der Waals surface area contributed by atoms with E-state index in [1.807, 2.05) is 30.3 Å². The van der Waals surface area contributed by atoms with Crippen molar-refractivity contribution in [2.75, 3.05) is 0 Å². The highest BCUT2D eigenvalue weighted by molar-refractivity contribution is 6.29. The van der Waals surface area contributed by atoms with Gasteiger partial charge in [0.2, 0.25) is 0 Å².